The Morgan fingerprint density at radius 1 is 1.57 bits per heavy atom. The number of ketones is 1. The van der Waals surface area contributed by atoms with Crippen LogP contribution in [0.5, 0.6) is 5.75 Å². The average molecular weight is 193 g/mol. The van der Waals surface area contributed by atoms with E-state index >= 15 is 0 Å². The van der Waals surface area contributed by atoms with Gasteiger partial charge in [0.25, 0.3) is 0 Å². The Balaban J connectivity index is 2.90. The highest BCUT2D eigenvalue weighted by Crippen LogP contribution is 2.14. The lowest BCUT2D eigenvalue weighted by atomic mass is 10.0. The molecule has 3 nitrogen and oxygen atoms in total. The van der Waals surface area contributed by atoms with Crippen LogP contribution in [0.25, 0.3) is 0 Å². The normalized spacial score (nSPS) is 12.2. The number of carbonyl (C=O) groups is 1. The standard InChI is InChI=1S/C11H15NO2/c1-3-10(12)11(13)8-5-4-6-9(7-8)14-2/h4-7,10H,3,12H2,1-2H3. The number of rotatable bonds is 4. The van der Waals surface area contributed by atoms with Crippen LogP contribution in [0.3, 0.4) is 0 Å². The van der Waals surface area contributed by atoms with Crippen LogP contribution in [0, 0.1) is 0 Å². The summed E-state index contributed by atoms with van der Waals surface area (Å²) >= 11 is 0. The molecule has 1 atom stereocenters. The first-order valence-electron chi connectivity index (χ1n) is 4.63. The van der Waals surface area contributed by atoms with Gasteiger partial charge in [0.1, 0.15) is 5.75 Å². The highest BCUT2D eigenvalue weighted by Gasteiger charge is 2.13. The van der Waals surface area contributed by atoms with E-state index in [0.717, 1.165) is 0 Å². The van der Waals surface area contributed by atoms with Gasteiger partial charge >= 0.3 is 0 Å². The number of hydrogen-bond acceptors (Lipinski definition) is 3. The van der Waals surface area contributed by atoms with Gasteiger partial charge in [0.2, 0.25) is 0 Å². The van der Waals surface area contributed by atoms with Gasteiger partial charge in [-0.25, -0.2) is 0 Å². The minimum Gasteiger partial charge on any atom is -0.497 e. The number of methoxy groups -OCH3 is 1. The number of Topliss-reactive ketones (excluding diaryl/α,β-unsaturated/α-hetero) is 1. The van der Waals surface area contributed by atoms with E-state index in [1.807, 2.05) is 6.92 Å². The molecular weight excluding hydrogens is 178 g/mol. The summed E-state index contributed by atoms with van der Waals surface area (Å²) in [6.45, 7) is 1.89. The Hall–Kier alpha value is -1.35. The summed E-state index contributed by atoms with van der Waals surface area (Å²) in [7, 11) is 1.57. The molecule has 1 aromatic carbocycles. The molecule has 0 aliphatic carbocycles. The van der Waals surface area contributed by atoms with Crippen LogP contribution in [0.1, 0.15) is 23.7 Å². The smallest absolute Gasteiger partial charge is 0.179 e. The van der Waals surface area contributed by atoms with Crippen molar-refractivity contribution in [1.29, 1.82) is 0 Å². The molecule has 0 bridgehead atoms. The summed E-state index contributed by atoms with van der Waals surface area (Å²) in [6.07, 6.45) is 0.649. The van der Waals surface area contributed by atoms with Gasteiger partial charge in [-0.05, 0) is 18.6 Å². The maximum absolute atomic E-state index is 11.7. The fourth-order valence-corrected chi connectivity index (χ4v) is 1.18. The summed E-state index contributed by atoms with van der Waals surface area (Å²) in [6, 6.07) is 6.63. The lowest BCUT2D eigenvalue weighted by Gasteiger charge is -2.08. The second-order valence-electron chi connectivity index (χ2n) is 3.11. The molecule has 0 fully saturated rings. The summed E-state index contributed by atoms with van der Waals surface area (Å²) in [5, 5.41) is 0. The molecule has 2 N–H and O–H groups in total. The highest BCUT2D eigenvalue weighted by molar-refractivity contribution is 6.00. The van der Waals surface area contributed by atoms with Crippen molar-refractivity contribution in [2.45, 2.75) is 19.4 Å². The average Bonchev–Trinajstić information content (AvgIpc) is 2.27. The Kier molecular flexibility index (Phi) is 3.65. The molecule has 1 aromatic rings. The van der Waals surface area contributed by atoms with E-state index < -0.39 is 6.04 Å². The lowest BCUT2D eigenvalue weighted by Crippen LogP contribution is -2.29. The molecule has 0 aliphatic rings. The SMILES string of the molecule is CCC(N)C(=O)c1cccc(OC)c1. The first kappa shape index (κ1) is 10.7. The first-order valence-corrected chi connectivity index (χ1v) is 4.63. The van der Waals surface area contributed by atoms with Crippen molar-refractivity contribution in [1.82, 2.24) is 0 Å². The maximum Gasteiger partial charge on any atom is 0.179 e. The monoisotopic (exact) mass is 193 g/mol. The Morgan fingerprint density at radius 2 is 2.29 bits per heavy atom. The zero-order valence-electron chi connectivity index (χ0n) is 8.49. The minimum atomic E-state index is -0.415. The second kappa shape index (κ2) is 4.77. The summed E-state index contributed by atoms with van der Waals surface area (Å²) in [5.41, 5.74) is 6.26. The van der Waals surface area contributed by atoms with Gasteiger partial charge in [0, 0.05) is 5.56 Å². The number of benzene rings is 1. The van der Waals surface area contributed by atoms with Crippen LogP contribution in [0.4, 0.5) is 0 Å². The van der Waals surface area contributed by atoms with Gasteiger partial charge in [-0.2, -0.15) is 0 Å². The Morgan fingerprint density at radius 3 is 2.86 bits per heavy atom. The molecule has 0 aliphatic heterocycles. The number of hydrogen-bond donors (Lipinski definition) is 1. The van der Waals surface area contributed by atoms with Crippen LogP contribution in [0.2, 0.25) is 0 Å². The first-order chi connectivity index (χ1) is 6.69. The van der Waals surface area contributed by atoms with Crippen molar-refractivity contribution in [2.75, 3.05) is 7.11 Å². The fraction of sp³-hybridized carbons (Fsp3) is 0.364. The molecule has 1 unspecified atom stereocenters. The van der Waals surface area contributed by atoms with Gasteiger partial charge in [0.15, 0.2) is 5.78 Å². The summed E-state index contributed by atoms with van der Waals surface area (Å²) in [5.74, 6) is 0.644. The van der Waals surface area contributed by atoms with Crippen LogP contribution >= 0.6 is 0 Å². The molecule has 0 spiro atoms. The summed E-state index contributed by atoms with van der Waals surface area (Å²) in [4.78, 5) is 11.7. The zero-order valence-corrected chi connectivity index (χ0v) is 8.49. The third-order valence-corrected chi connectivity index (χ3v) is 2.13. The Bertz CT molecular complexity index is 323. The lowest BCUT2D eigenvalue weighted by molar-refractivity contribution is 0.0959. The van der Waals surface area contributed by atoms with Crippen molar-refractivity contribution in [2.24, 2.45) is 5.73 Å². The van der Waals surface area contributed by atoms with Gasteiger partial charge in [-0.1, -0.05) is 19.1 Å². The predicted octanol–water partition coefficient (Wildman–Crippen LogP) is 1.62. The van der Waals surface area contributed by atoms with Gasteiger partial charge in [-0.15, -0.1) is 0 Å². The molecule has 76 valence electrons. The largest absolute Gasteiger partial charge is 0.497 e. The van der Waals surface area contributed by atoms with E-state index in [9.17, 15) is 4.79 Å². The van der Waals surface area contributed by atoms with E-state index in [-0.39, 0.29) is 5.78 Å². The Labute approximate surface area is 83.9 Å². The van der Waals surface area contributed by atoms with Crippen molar-refractivity contribution in [3.8, 4) is 5.75 Å². The topological polar surface area (TPSA) is 52.3 Å². The van der Waals surface area contributed by atoms with E-state index in [0.29, 0.717) is 17.7 Å². The third kappa shape index (κ3) is 2.33. The molecule has 3 heteroatoms. The number of carbonyl (C=O) groups excluding carboxylic acids is 1. The maximum atomic E-state index is 11.7. The van der Waals surface area contributed by atoms with Crippen molar-refractivity contribution >= 4 is 5.78 Å². The fourth-order valence-electron chi connectivity index (χ4n) is 1.18. The van der Waals surface area contributed by atoms with Gasteiger partial charge < -0.3 is 10.5 Å². The van der Waals surface area contributed by atoms with Crippen LogP contribution in [0.15, 0.2) is 24.3 Å². The number of nitrogens with two attached hydrogens (primary N) is 1. The minimum absolute atomic E-state index is 0.0357. The van der Waals surface area contributed by atoms with E-state index in [1.165, 1.54) is 0 Å². The summed E-state index contributed by atoms with van der Waals surface area (Å²) < 4.78 is 5.03. The van der Waals surface area contributed by atoms with Gasteiger partial charge in [0.05, 0.1) is 13.2 Å². The molecule has 0 radical (unpaired) electrons. The zero-order chi connectivity index (χ0) is 10.6. The molecule has 0 aromatic heterocycles. The quantitative estimate of drug-likeness (QED) is 0.739. The van der Waals surface area contributed by atoms with Crippen molar-refractivity contribution in [3.63, 3.8) is 0 Å². The predicted molar refractivity (Wildman–Crippen MR) is 55.6 cm³/mol. The highest BCUT2D eigenvalue weighted by atomic mass is 16.5. The third-order valence-electron chi connectivity index (χ3n) is 2.13. The molecule has 1 rings (SSSR count). The molecule has 0 amide bonds. The van der Waals surface area contributed by atoms with Crippen LogP contribution < -0.4 is 10.5 Å². The second-order valence-corrected chi connectivity index (χ2v) is 3.11. The molecule has 0 heterocycles. The van der Waals surface area contributed by atoms with Crippen LogP contribution in [-0.2, 0) is 0 Å². The molecule has 14 heavy (non-hydrogen) atoms. The number of ether oxygens (including phenoxy) is 1. The van der Waals surface area contributed by atoms with Crippen LogP contribution in [-0.4, -0.2) is 18.9 Å². The van der Waals surface area contributed by atoms with Gasteiger partial charge in [-0.3, -0.25) is 4.79 Å². The molecule has 0 saturated heterocycles. The van der Waals surface area contributed by atoms with Crippen molar-refractivity contribution in [3.05, 3.63) is 29.8 Å². The molecular formula is C11H15NO2. The van der Waals surface area contributed by atoms with E-state index in [2.05, 4.69) is 0 Å². The molecule has 0 saturated carbocycles. The van der Waals surface area contributed by atoms with E-state index in [1.54, 1.807) is 31.4 Å². The van der Waals surface area contributed by atoms with Crippen molar-refractivity contribution < 1.29 is 9.53 Å². The van der Waals surface area contributed by atoms with E-state index in [4.69, 9.17) is 10.5 Å².